The van der Waals surface area contributed by atoms with Crippen LogP contribution in [0.2, 0.25) is 0 Å². The topological polar surface area (TPSA) is 24.1 Å². The maximum atomic E-state index is 3.51. The zero-order valence-electron chi connectivity index (χ0n) is 8.11. The Kier molecular flexibility index (Phi) is 7.96. The molecule has 0 aliphatic rings. The summed E-state index contributed by atoms with van der Waals surface area (Å²) in [6.45, 7) is 6.72. The highest BCUT2D eigenvalue weighted by molar-refractivity contribution is 4.64. The van der Waals surface area contributed by atoms with E-state index < -0.39 is 0 Å². The van der Waals surface area contributed by atoms with Gasteiger partial charge in [-0.25, -0.2) is 0 Å². The van der Waals surface area contributed by atoms with Crippen molar-refractivity contribution >= 4 is 0 Å². The summed E-state index contributed by atoms with van der Waals surface area (Å²) < 4.78 is 0. The summed E-state index contributed by atoms with van der Waals surface area (Å²) in [7, 11) is 2.01. The summed E-state index contributed by atoms with van der Waals surface area (Å²) in [6.07, 6.45) is 3.71. The lowest BCUT2D eigenvalue weighted by molar-refractivity contribution is 0.461. The molecule has 0 aliphatic heterocycles. The van der Waals surface area contributed by atoms with Gasteiger partial charge in [-0.3, -0.25) is 0 Å². The molecule has 11 heavy (non-hydrogen) atoms. The third-order valence-electron chi connectivity index (χ3n) is 1.92. The van der Waals surface area contributed by atoms with Crippen molar-refractivity contribution in [3.63, 3.8) is 0 Å². The van der Waals surface area contributed by atoms with E-state index in [1.54, 1.807) is 0 Å². The Bertz CT molecular complexity index is 66.0. The lowest BCUT2D eigenvalue weighted by atomic mass is 10.1. The molecule has 0 aromatic rings. The maximum absolute atomic E-state index is 3.51. The van der Waals surface area contributed by atoms with Gasteiger partial charge in [0.2, 0.25) is 0 Å². The smallest absolute Gasteiger partial charge is 0.00765 e. The minimum atomic E-state index is 0.711. The number of hydrogen-bond acceptors (Lipinski definition) is 2. The van der Waals surface area contributed by atoms with Crippen LogP contribution in [-0.2, 0) is 0 Å². The van der Waals surface area contributed by atoms with Crippen molar-refractivity contribution in [3.05, 3.63) is 0 Å². The van der Waals surface area contributed by atoms with Gasteiger partial charge >= 0.3 is 0 Å². The summed E-state index contributed by atoms with van der Waals surface area (Å²) in [4.78, 5) is 0. The molecule has 0 bridgehead atoms. The fraction of sp³-hybridized carbons (Fsp3) is 1.00. The van der Waals surface area contributed by atoms with Gasteiger partial charge in [0.1, 0.15) is 0 Å². The first-order chi connectivity index (χ1) is 5.35. The van der Waals surface area contributed by atoms with Crippen LogP contribution in [0.5, 0.6) is 0 Å². The van der Waals surface area contributed by atoms with Crippen molar-refractivity contribution in [1.82, 2.24) is 10.6 Å². The molecule has 0 rings (SSSR count). The zero-order chi connectivity index (χ0) is 8.53. The lowest BCUT2D eigenvalue weighted by Crippen LogP contribution is -2.31. The molecule has 0 fully saturated rings. The molecule has 0 saturated carbocycles. The van der Waals surface area contributed by atoms with Crippen molar-refractivity contribution in [2.75, 3.05) is 20.1 Å². The third kappa shape index (κ3) is 6.32. The molecular formula is C9H22N2. The summed E-state index contributed by atoms with van der Waals surface area (Å²) in [5, 5.41) is 6.68. The Morgan fingerprint density at radius 2 is 1.91 bits per heavy atom. The highest BCUT2D eigenvalue weighted by Crippen LogP contribution is 1.95. The van der Waals surface area contributed by atoms with E-state index >= 15 is 0 Å². The van der Waals surface area contributed by atoms with Gasteiger partial charge in [0.05, 0.1) is 0 Å². The Balaban J connectivity index is 3.25. The predicted octanol–water partition coefficient (Wildman–Crippen LogP) is 1.37. The van der Waals surface area contributed by atoms with Crippen LogP contribution in [0.4, 0.5) is 0 Å². The van der Waals surface area contributed by atoms with Crippen LogP contribution < -0.4 is 10.6 Å². The highest BCUT2D eigenvalue weighted by atomic mass is 14.9. The monoisotopic (exact) mass is 158 g/mol. The van der Waals surface area contributed by atoms with Crippen molar-refractivity contribution in [2.45, 2.75) is 39.2 Å². The Hall–Kier alpha value is -0.0800. The Labute approximate surface area is 70.8 Å². The fourth-order valence-electron chi connectivity index (χ4n) is 1.12. The van der Waals surface area contributed by atoms with Gasteiger partial charge < -0.3 is 10.6 Å². The molecule has 1 unspecified atom stereocenters. The summed E-state index contributed by atoms with van der Waals surface area (Å²) >= 11 is 0. The van der Waals surface area contributed by atoms with E-state index in [9.17, 15) is 0 Å². The van der Waals surface area contributed by atoms with Crippen molar-refractivity contribution in [1.29, 1.82) is 0 Å². The molecule has 0 aliphatic carbocycles. The van der Waals surface area contributed by atoms with E-state index in [1.165, 1.54) is 19.3 Å². The van der Waals surface area contributed by atoms with Gasteiger partial charge in [-0.15, -0.1) is 0 Å². The van der Waals surface area contributed by atoms with E-state index in [0.717, 1.165) is 13.1 Å². The molecule has 2 N–H and O–H groups in total. The molecular weight excluding hydrogens is 136 g/mol. The van der Waals surface area contributed by atoms with E-state index in [1.807, 2.05) is 7.05 Å². The second kappa shape index (κ2) is 8.02. The first-order valence-corrected chi connectivity index (χ1v) is 4.73. The maximum Gasteiger partial charge on any atom is 0.00765 e. The van der Waals surface area contributed by atoms with Gasteiger partial charge in [0.25, 0.3) is 0 Å². The van der Waals surface area contributed by atoms with Crippen LogP contribution in [0, 0.1) is 0 Å². The summed E-state index contributed by atoms with van der Waals surface area (Å²) in [6, 6.07) is 0.711. The van der Waals surface area contributed by atoms with Crippen LogP contribution in [0.25, 0.3) is 0 Å². The van der Waals surface area contributed by atoms with Crippen LogP contribution in [0.1, 0.15) is 33.1 Å². The van der Waals surface area contributed by atoms with Crippen molar-refractivity contribution in [2.24, 2.45) is 0 Å². The molecule has 0 spiro atoms. The zero-order valence-corrected chi connectivity index (χ0v) is 8.11. The third-order valence-corrected chi connectivity index (χ3v) is 1.92. The normalized spacial score (nSPS) is 13.4. The van der Waals surface area contributed by atoms with E-state index in [-0.39, 0.29) is 0 Å². The van der Waals surface area contributed by atoms with Gasteiger partial charge in [0.15, 0.2) is 0 Å². The van der Waals surface area contributed by atoms with E-state index in [0.29, 0.717) is 6.04 Å². The summed E-state index contributed by atoms with van der Waals surface area (Å²) in [5.74, 6) is 0. The molecule has 2 heteroatoms. The van der Waals surface area contributed by atoms with E-state index in [2.05, 4.69) is 24.5 Å². The van der Waals surface area contributed by atoms with Crippen molar-refractivity contribution < 1.29 is 0 Å². The van der Waals surface area contributed by atoms with Crippen molar-refractivity contribution in [3.8, 4) is 0 Å². The molecule has 0 aromatic carbocycles. The molecule has 0 heterocycles. The number of hydrogen-bond donors (Lipinski definition) is 2. The van der Waals surface area contributed by atoms with Gasteiger partial charge in [0, 0.05) is 6.04 Å². The predicted molar refractivity (Wildman–Crippen MR) is 50.9 cm³/mol. The van der Waals surface area contributed by atoms with E-state index in [4.69, 9.17) is 0 Å². The van der Waals surface area contributed by atoms with Crippen LogP contribution in [0.15, 0.2) is 0 Å². The first kappa shape index (κ1) is 10.9. The standard InChI is InChI=1S/C9H22N2/c1-4-7-11-9(5-2)6-8-10-3/h9-11H,4-8H2,1-3H3. The molecule has 1 atom stereocenters. The number of nitrogens with one attached hydrogen (secondary N) is 2. The van der Waals surface area contributed by atoms with Crippen LogP contribution in [0.3, 0.4) is 0 Å². The lowest BCUT2D eigenvalue weighted by Gasteiger charge is -2.15. The largest absolute Gasteiger partial charge is 0.320 e. The minimum Gasteiger partial charge on any atom is -0.320 e. The first-order valence-electron chi connectivity index (χ1n) is 4.73. The molecule has 68 valence electrons. The molecule has 2 nitrogen and oxygen atoms in total. The SMILES string of the molecule is CCCNC(CC)CCNC. The Morgan fingerprint density at radius 3 is 2.36 bits per heavy atom. The van der Waals surface area contributed by atoms with Crippen LogP contribution >= 0.6 is 0 Å². The van der Waals surface area contributed by atoms with Gasteiger partial charge in [-0.2, -0.15) is 0 Å². The second-order valence-corrected chi connectivity index (χ2v) is 2.95. The van der Waals surface area contributed by atoms with Gasteiger partial charge in [-0.1, -0.05) is 13.8 Å². The average molecular weight is 158 g/mol. The van der Waals surface area contributed by atoms with Gasteiger partial charge in [-0.05, 0) is 39.4 Å². The molecule has 0 aromatic heterocycles. The minimum absolute atomic E-state index is 0.711. The Morgan fingerprint density at radius 1 is 1.18 bits per heavy atom. The molecule has 0 amide bonds. The fourth-order valence-corrected chi connectivity index (χ4v) is 1.12. The highest BCUT2D eigenvalue weighted by Gasteiger charge is 2.02. The average Bonchev–Trinajstić information content (AvgIpc) is 2.05. The second-order valence-electron chi connectivity index (χ2n) is 2.95. The molecule has 0 radical (unpaired) electrons. The number of rotatable bonds is 7. The van der Waals surface area contributed by atoms with Crippen LogP contribution in [-0.4, -0.2) is 26.2 Å². The quantitative estimate of drug-likeness (QED) is 0.585. The molecule has 0 saturated heterocycles. The summed E-state index contributed by atoms with van der Waals surface area (Å²) in [5.41, 5.74) is 0.